The highest BCUT2D eigenvalue weighted by atomic mass is 16.3. The molecule has 0 radical (unpaired) electrons. The number of aliphatic hydroxyl groups excluding tert-OH is 1. The molecule has 0 aliphatic carbocycles. The third-order valence-corrected chi connectivity index (χ3v) is 1.85. The van der Waals surface area contributed by atoms with Crippen LogP contribution >= 0.6 is 0 Å². The van der Waals surface area contributed by atoms with E-state index in [0.29, 0.717) is 6.42 Å². The highest BCUT2D eigenvalue weighted by Gasteiger charge is 2.04. The molecular formula is C10H21NO. The molecule has 0 aromatic carbocycles. The Hall–Kier alpha value is -0.340. The molecule has 0 aromatic rings. The Balaban J connectivity index is 3.39. The summed E-state index contributed by atoms with van der Waals surface area (Å²) >= 11 is 0. The predicted octanol–water partition coefficient (Wildman–Crippen LogP) is 1.66. The van der Waals surface area contributed by atoms with Crippen LogP contribution in [0.5, 0.6) is 0 Å². The van der Waals surface area contributed by atoms with Crippen molar-refractivity contribution in [1.82, 2.24) is 4.90 Å². The van der Waals surface area contributed by atoms with Crippen LogP contribution in [0.4, 0.5) is 0 Å². The van der Waals surface area contributed by atoms with Crippen LogP contribution in [-0.4, -0.2) is 36.2 Å². The number of hydrogen-bond donors (Lipinski definition) is 1. The monoisotopic (exact) mass is 171 g/mol. The van der Waals surface area contributed by atoms with E-state index in [2.05, 4.69) is 18.4 Å². The summed E-state index contributed by atoms with van der Waals surface area (Å²) in [6.07, 6.45) is 4.62. The Labute approximate surface area is 75.9 Å². The van der Waals surface area contributed by atoms with Crippen molar-refractivity contribution in [3.63, 3.8) is 0 Å². The molecule has 12 heavy (non-hydrogen) atoms. The Bertz CT molecular complexity index is 114. The van der Waals surface area contributed by atoms with Gasteiger partial charge in [0.2, 0.25) is 0 Å². The first-order valence-electron chi connectivity index (χ1n) is 4.68. The molecule has 0 amide bonds. The molecule has 0 spiro atoms. The van der Waals surface area contributed by atoms with Crippen molar-refractivity contribution >= 4 is 0 Å². The third kappa shape index (κ3) is 6.38. The van der Waals surface area contributed by atoms with Gasteiger partial charge >= 0.3 is 0 Å². The molecule has 0 rings (SSSR count). The quantitative estimate of drug-likeness (QED) is 0.589. The minimum atomic E-state index is -0.246. The summed E-state index contributed by atoms with van der Waals surface area (Å²) in [5, 5.41) is 9.41. The fourth-order valence-electron chi connectivity index (χ4n) is 1.15. The number of aliphatic hydroxyl groups is 1. The van der Waals surface area contributed by atoms with E-state index in [9.17, 15) is 5.11 Å². The van der Waals surface area contributed by atoms with Gasteiger partial charge in [-0.3, -0.25) is 0 Å². The minimum absolute atomic E-state index is 0.246. The summed E-state index contributed by atoms with van der Waals surface area (Å²) in [4.78, 5) is 2.16. The second-order valence-electron chi connectivity index (χ2n) is 3.29. The van der Waals surface area contributed by atoms with Gasteiger partial charge in [0.15, 0.2) is 0 Å². The number of hydrogen-bond acceptors (Lipinski definition) is 2. The highest BCUT2D eigenvalue weighted by molar-refractivity contribution is 4.73. The largest absolute Gasteiger partial charge is 0.391 e. The van der Waals surface area contributed by atoms with Crippen molar-refractivity contribution in [2.75, 3.05) is 20.1 Å². The normalized spacial score (nSPS) is 13.3. The summed E-state index contributed by atoms with van der Waals surface area (Å²) < 4.78 is 0. The van der Waals surface area contributed by atoms with Crippen LogP contribution in [0.2, 0.25) is 0 Å². The number of likely N-dealkylation sites (N-methyl/N-ethyl adjacent to an activating group) is 1. The molecule has 1 atom stereocenters. The molecule has 0 fully saturated rings. The SMILES string of the molecule is C=CCC(O)CN(C)CCCC. The van der Waals surface area contributed by atoms with Crippen LogP contribution in [0.15, 0.2) is 12.7 Å². The average molecular weight is 171 g/mol. The Morgan fingerprint density at radius 1 is 1.58 bits per heavy atom. The van der Waals surface area contributed by atoms with Gasteiger partial charge in [0, 0.05) is 6.54 Å². The molecule has 0 heterocycles. The van der Waals surface area contributed by atoms with Crippen molar-refractivity contribution in [2.24, 2.45) is 0 Å². The topological polar surface area (TPSA) is 23.5 Å². The summed E-state index contributed by atoms with van der Waals surface area (Å²) in [7, 11) is 2.04. The van der Waals surface area contributed by atoms with Gasteiger partial charge in [0.25, 0.3) is 0 Å². The van der Waals surface area contributed by atoms with Crippen molar-refractivity contribution in [2.45, 2.75) is 32.3 Å². The molecule has 2 heteroatoms. The van der Waals surface area contributed by atoms with Crippen LogP contribution in [0.25, 0.3) is 0 Å². The van der Waals surface area contributed by atoms with Gasteiger partial charge in [-0.25, -0.2) is 0 Å². The zero-order chi connectivity index (χ0) is 9.40. The van der Waals surface area contributed by atoms with E-state index in [1.165, 1.54) is 12.8 Å². The van der Waals surface area contributed by atoms with Gasteiger partial charge in [0.05, 0.1) is 6.10 Å². The molecule has 0 bridgehead atoms. The van der Waals surface area contributed by atoms with E-state index < -0.39 is 0 Å². The molecule has 72 valence electrons. The Morgan fingerprint density at radius 2 is 2.25 bits per heavy atom. The first-order chi connectivity index (χ1) is 5.70. The summed E-state index contributed by atoms with van der Waals surface area (Å²) in [6, 6.07) is 0. The molecule has 1 unspecified atom stereocenters. The third-order valence-electron chi connectivity index (χ3n) is 1.85. The van der Waals surface area contributed by atoms with Gasteiger partial charge in [0.1, 0.15) is 0 Å². The maximum atomic E-state index is 9.41. The van der Waals surface area contributed by atoms with Crippen LogP contribution in [0.3, 0.4) is 0 Å². The van der Waals surface area contributed by atoms with Gasteiger partial charge in [-0.1, -0.05) is 19.4 Å². The van der Waals surface area contributed by atoms with E-state index in [-0.39, 0.29) is 6.10 Å². The lowest BCUT2D eigenvalue weighted by atomic mass is 10.2. The maximum Gasteiger partial charge on any atom is 0.0701 e. The fourth-order valence-corrected chi connectivity index (χ4v) is 1.15. The first-order valence-corrected chi connectivity index (χ1v) is 4.68. The maximum absolute atomic E-state index is 9.41. The lowest BCUT2D eigenvalue weighted by Crippen LogP contribution is -2.29. The Kier molecular flexibility index (Phi) is 7.11. The molecular weight excluding hydrogens is 150 g/mol. The van der Waals surface area contributed by atoms with Gasteiger partial charge < -0.3 is 10.0 Å². The van der Waals surface area contributed by atoms with Crippen molar-refractivity contribution in [1.29, 1.82) is 0 Å². The van der Waals surface area contributed by atoms with Crippen LogP contribution in [0, 0.1) is 0 Å². The van der Waals surface area contributed by atoms with E-state index >= 15 is 0 Å². The minimum Gasteiger partial charge on any atom is -0.391 e. The molecule has 1 N–H and O–H groups in total. The molecule has 0 aromatic heterocycles. The predicted molar refractivity (Wildman–Crippen MR) is 53.2 cm³/mol. The highest BCUT2D eigenvalue weighted by Crippen LogP contribution is 1.97. The van der Waals surface area contributed by atoms with Crippen LogP contribution in [-0.2, 0) is 0 Å². The molecule has 2 nitrogen and oxygen atoms in total. The summed E-state index contributed by atoms with van der Waals surface area (Å²) in [5.74, 6) is 0. The first kappa shape index (κ1) is 11.7. The van der Waals surface area contributed by atoms with Gasteiger partial charge in [-0.2, -0.15) is 0 Å². The smallest absolute Gasteiger partial charge is 0.0701 e. The molecule has 0 saturated carbocycles. The second-order valence-corrected chi connectivity index (χ2v) is 3.29. The van der Waals surface area contributed by atoms with Crippen molar-refractivity contribution < 1.29 is 5.11 Å². The number of rotatable bonds is 7. The van der Waals surface area contributed by atoms with Gasteiger partial charge in [-0.05, 0) is 26.4 Å². The molecule has 0 saturated heterocycles. The zero-order valence-electron chi connectivity index (χ0n) is 8.29. The fraction of sp³-hybridized carbons (Fsp3) is 0.800. The summed E-state index contributed by atoms with van der Waals surface area (Å²) in [5.41, 5.74) is 0. The Morgan fingerprint density at radius 3 is 2.75 bits per heavy atom. The lowest BCUT2D eigenvalue weighted by Gasteiger charge is -2.19. The van der Waals surface area contributed by atoms with E-state index in [4.69, 9.17) is 0 Å². The number of nitrogens with zero attached hydrogens (tertiary/aromatic N) is 1. The van der Waals surface area contributed by atoms with E-state index in [1.807, 2.05) is 7.05 Å². The summed E-state index contributed by atoms with van der Waals surface area (Å²) in [6.45, 7) is 7.60. The lowest BCUT2D eigenvalue weighted by molar-refractivity contribution is 0.127. The van der Waals surface area contributed by atoms with Crippen LogP contribution < -0.4 is 0 Å². The van der Waals surface area contributed by atoms with E-state index in [0.717, 1.165) is 13.1 Å². The average Bonchev–Trinajstić information content (AvgIpc) is 2.01. The molecule has 0 aliphatic heterocycles. The number of unbranched alkanes of at least 4 members (excludes halogenated alkanes) is 1. The van der Waals surface area contributed by atoms with Crippen molar-refractivity contribution in [3.05, 3.63) is 12.7 Å². The standard InChI is InChI=1S/C10H21NO/c1-4-6-8-11(3)9-10(12)7-5-2/h5,10,12H,2,4,6-9H2,1,3H3. The molecule has 0 aliphatic rings. The van der Waals surface area contributed by atoms with Gasteiger partial charge in [-0.15, -0.1) is 6.58 Å². The van der Waals surface area contributed by atoms with Crippen LogP contribution in [0.1, 0.15) is 26.2 Å². The second kappa shape index (κ2) is 7.32. The zero-order valence-corrected chi connectivity index (χ0v) is 8.29. The van der Waals surface area contributed by atoms with Crippen molar-refractivity contribution in [3.8, 4) is 0 Å². The van der Waals surface area contributed by atoms with E-state index in [1.54, 1.807) is 6.08 Å².